The second-order valence-electron chi connectivity index (χ2n) is 5.48. The van der Waals surface area contributed by atoms with E-state index in [1.807, 2.05) is 0 Å². The van der Waals surface area contributed by atoms with Crippen molar-refractivity contribution in [3.05, 3.63) is 0 Å². The molecule has 1 saturated carbocycles. The summed E-state index contributed by atoms with van der Waals surface area (Å²) in [5, 5.41) is 3.52. The van der Waals surface area contributed by atoms with Crippen molar-refractivity contribution in [3.63, 3.8) is 0 Å². The lowest BCUT2D eigenvalue weighted by atomic mass is 9.65. The van der Waals surface area contributed by atoms with Crippen LogP contribution >= 0.6 is 0 Å². The molecule has 2 aliphatic rings. The Hall–Kier alpha value is -0.0800. The first-order valence-electron chi connectivity index (χ1n) is 6.60. The molecule has 2 unspecified atom stereocenters. The summed E-state index contributed by atoms with van der Waals surface area (Å²) in [5.74, 6) is 0. The standard InChI is InChI=1S/C13H25NO/c1-3-14-10-13(7-4-8-13)9-12-6-5-11(2)15-12/h11-12,14H,3-10H2,1-2H3. The quantitative estimate of drug-likeness (QED) is 0.755. The van der Waals surface area contributed by atoms with Crippen molar-refractivity contribution < 1.29 is 4.74 Å². The average molecular weight is 211 g/mol. The maximum absolute atomic E-state index is 5.94. The zero-order chi connectivity index (χ0) is 10.7. The monoisotopic (exact) mass is 211 g/mol. The molecule has 1 N–H and O–H groups in total. The first-order valence-corrected chi connectivity index (χ1v) is 6.60. The molecule has 0 aromatic carbocycles. The zero-order valence-electron chi connectivity index (χ0n) is 10.2. The van der Waals surface area contributed by atoms with E-state index in [1.165, 1.54) is 45.1 Å². The zero-order valence-corrected chi connectivity index (χ0v) is 10.2. The molecule has 2 rings (SSSR count). The predicted octanol–water partition coefficient (Wildman–Crippen LogP) is 2.72. The van der Waals surface area contributed by atoms with Crippen LogP contribution in [0, 0.1) is 5.41 Å². The molecule has 1 heterocycles. The molecule has 2 atom stereocenters. The highest BCUT2D eigenvalue weighted by atomic mass is 16.5. The van der Waals surface area contributed by atoms with E-state index < -0.39 is 0 Å². The molecule has 0 bridgehead atoms. The third-order valence-corrected chi connectivity index (χ3v) is 4.14. The summed E-state index contributed by atoms with van der Waals surface area (Å²) in [5.41, 5.74) is 0.588. The van der Waals surface area contributed by atoms with E-state index >= 15 is 0 Å². The third-order valence-electron chi connectivity index (χ3n) is 4.14. The lowest BCUT2D eigenvalue weighted by molar-refractivity contribution is -0.00372. The lowest BCUT2D eigenvalue weighted by Gasteiger charge is -2.43. The Bertz CT molecular complexity index is 201. The molecule has 0 spiro atoms. The number of ether oxygens (including phenoxy) is 1. The van der Waals surface area contributed by atoms with E-state index in [0.717, 1.165) is 6.54 Å². The van der Waals surface area contributed by atoms with Gasteiger partial charge < -0.3 is 10.1 Å². The van der Waals surface area contributed by atoms with E-state index in [4.69, 9.17) is 4.74 Å². The molecule has 0 aromatic heterocycles. The summed E-state index contributed by atoms with van der Waals surface area (Å²) in [6.45, 7) is 6.71. The lowest BCUT2D eigenvalue weighted by Crippen LogP contribution is -2.42. The molecule has 88 valence electrons. The van der Waals surface area contributed by atoms with Crippen LogP contribution in [0.5, 0.6) is 0 Å². The Kier molecular flexibility index (Phi) is 3.68. The van der Waals surface area contributed by atoms with Gasteiger partial charge in [0, 0.05) is 6.54 Å². The maximum atomic E-state index is 5.94. The van der Waals surface area contributed by atoms with Crippen LogP contribution in [0.2, 0.25) is 0 Å². The smallest absolute Gasteiger partial charge is 0.0585 e. The van der Waals surface area contributed by atoms with Crippen LogP contribution < -0.4 is 5.32 Å². The van der Waals surface area contributed by atoms with Crippen LogP contribution in [0.25, 0.3) is 0 Å². The van der Waals surface area contributed by atoms with E-state index in [2.05, 4.69) is 19.2 Å². The first kappa shape index (κ1) is 11.4. The Morgan fingerprint density at radius 3 is 2.60 bits per heavy atom. The van der Waals surface area contributed by atoms with Gasteiger partial charge in [-0.05, 0) is 51.0 Å². The fraction of sp³-hybridized carbons (Fsp3) is 1.00. The van der Waals surface area contributed by atoms with E-state index in [9.17, 15) is 0 Å². The van der Waals surface area contributed by atoms with Gasteiger partial charge in [-0.15, -0.1) is 0 Å². The van der Waals surface area contributed by atoms with Crippen molar-refractivity contribution >= 4 is 0 Å². The van der Waals surface area contributed by atoms with Gasteiger partial charge in [-0.25, -0.2) is 0 Å². The predicted molar refractivity (Wildman–Crippen MR) is 63.0 cm³/mol. The van der Waals surface area contributed by atoms with Gasteiger partial charge in [-0.1, -0.05) is 13.3 Å². The Morgan fingerprint density at radius 1 is 1.33 bits per heavy atom. The van der Waals surface area contributed by atoms with Gasteiger partial charge in [0.15, 0.2) is 0 Å². The highest BCUT2D eigenvalue weighted by Crippen LogP contribution is 2.46. The molecule has 0 amide bonds. The number of rotatable bonds is 5. The van der Waals surface area contributed by atoms with Crippen molar-refractivity contribution in [3.8, 4) is 0 Å². The number of nitrogens with one attached hydrogen (secondary N) is 1. The topological polar surface area (TPSA) is 21.3 Å². The number of hydrogen-bond donors (Lipinski definition) is 1. The molecule has 2 nitrogen and oxygen atoms in total. The summed E-state index contributed by atoms with van der Waals surface area (Å²) < 4.78 is 5.94. The molecule has 2 fully saturated rings. The van der Waals surface area contributed by atoms with E-state index in [-0.39, 0.29) is 0 Å². The van der Waals surface area contributed by atoms with E-state index in [0.29, 0.717) is 17.6 Å². The van der Waals surface area contributed by atoms with Crippen LogP contribution in [0.15, 0.2) is 0 Å². The SMILES string of the molecule is CCNCC1(CC2CCC(C)O2)CCC1. The largest absolute Gasteiger partial charge is 0.375 e. The Labute approximate surface area is 93.8 Å². The van der Waals surface area contributed by atoms with Gasteiger partial charge in [0.25, 0.3) is 0 Å². The molecule has 15 heavy (non-hydrogen) atoms. The molecule has 2 heteroatoms. The molecule has 1 saturated heterocycles. The van der Waals surface area contributed by atoms with Crippen LogP contribution in [-0.4, -0.2) is 25.3 Å². The minimum absolute atomic E-state index is 0.506. The van der Waals surface area contributed by atoms with Gasteiger partial charge in [0.2, 0.25) is 0 Å². The van der Waals surface area contributed by atoms with E-state index in [1.54, 1.807) is 0 Å². The van der Waals surface area contributed by atoms with Crippen LogP contribution in [0.1, 0.15) is 52.4 Å². The fourth-order valence-electron chi connectivity index (χ4n) is 3.04. The summed E-state index contributed by atoms with van der Waals surface area (Å²) in [7, 11) is 0. The molecular weight excluding hydrogens is 186 g/mol. The van der Waals surface area contributed by atoms with Crippen molar-refractivity contribution in [1.29, 1.82) is 0 Å². The normalized spacial score (nSPS) is 34.0. The van der Waals surface area contributed by atoms with Gasteiger partial charge >= 0.3 is 0 Å². The van der Waals surface area contributed by atoms with Gasteiger partial charge in [0.05, 0.1) is 12.2 Å². The molecule has 0 aromatic rings. The Morgan fingerprint density at radius 2 is 2.13 bits per heavy atom. The summed E-state index contributed by atoms with van der Waals surface area (Å²) in [6, 6.07) is 0. The summed E-state index contributed by atoms with van der Waals surface area (Å²) >= 11 is 0. The van der Waals surface area contributed by atoms with Crippen molar-refractivity contribution in [2.45, 2.75) is 64.6 Å². The molecular formula is C13H25NO. The summed E-state index contributed by atoms with van der Waals surface area (Å²) in [6.07, 6.45) is 9.16. The molecule has 0 radical (unpaired) electrons. The Balaban J connectivity index is 1.79. The summed E-state index contributed by atoms with van der Waals surface area (Å²) in [4.78, 5) is 0. The van der Waals surface area contributed by atoms with Gasteiger partial charge in [-0.3, -0.25) is 0 Å². The van der Waals surface area contributed by atoms with Crippen molar-refractivity contribution in [2.75, 3.05) is 13.1 Å². The van der Waals surface area contributed by atoms with Gasteiger partial charge in [0.1, 0.15) is 0 Å². The van der Waals surface area contributed by atoms with Gasteiger partial charge in [-0.2, -0.15) is 0 Å². The average Bonchev–Trinajstić information content (AvgIpc) is 2.56. The number of hydrogen-bond acceptors (Lipinski definition) is 2. The minimum atomic E-state index is 0.506. The minimum Gasteiger partial charge on any atom is -0.375 e. The second kappa shape index (κ2) is 4.84. The first-order chi connectivity index (χ1) is 7.24. The highest BCUT2D eigenvalue weighted by molar-refractivity contribution is 4.92. The molecule has 1 aliphatic carbocycles. The molecule has 1 aliphatic heterocycles. The maximum Gasteiger partial charge on any atom is 0.0585 e. The van der Waals surface area contributed by atoms with Crippen LogP contribution in [0.4, 0.5) is 0 Å². The van der Waals surface area contributed by atoms with Crippen LogP contribution in [0.3, 0.4) is 0 Å². The highest BCUT2D eigenvalue weighted by Gasteiger charge is 2.40. The second-order valence-corrected chi connectivity index (χ2v) is 5.48. The van der Waals surface area contributed by atoms with Crippen molar-refractivity contribution in [1.82, 2.24) is 5.32 Å². The third kappa shape index (κ3) is 2.73. The fourth-order valence-corrected chi connectivity index (χ4v) is 3.04. The van der Waals surface area contributed by atoms with Crippen molar-refractivity contribution in [2.24, 2.45) is 5.41 Å². The van der Waals surface area contributed by atoms with Crippen LogP contribution in [-0.2, 0) is 4.74 Å².